The van der Waals surface area contributed by atoms with Gasteiger partial charge in [0.25, 0.3) is 0 Å². The van der Waals surface area contributed by atoms with Gasteiger partial charge in [0.2, 0.25) is 0 Å². The number of benzene rings is 1. The molecule has 0 saturated carbocycles. The van der Waals surface area contributed by atoms with Crippen LogP contribution in [0.15, 0.2) is 53.9 Å². The highest BCUT2D eigenvalue weighted by atomic mass is 35.5. The molecule has 22 heavy (non-hydrogen) atoms. The Hall–Kier alpha value is -1.85. The fourth-order valence-corrected chi connectivity index (χ4v) is 3.14. The van der Waals surface area contributed by atoms with Gasteiger partial charge < -0.3 is 4.57 Å². The highest BCUT2D eigenvalue weighted by Crippen LogP contribution is 2.35. The number of nitrogens with zero attached hydrogens (tertiary/aromatic N) is 3. The van der Waals surface area contributed by atoms with Gasteiger partial charge in [-0.3, -0.25) is 4.98 Å². The van der Waals surface area contributed by atoms with Crippen molar-refractivity contribution in [2.75, 3.05) is 5.21 Å². The molecule has 0 aliphatic carbocycles. The minimum atomic E-state index is -0.263. The number of rotatable bonds is 4. The van der Waals surface area contributed by atoms with Gasteiger partial charge in [-0.15, -0.1) is 11.6 Å². The second kappa shape index (κ2) is 6.50. The van der Waals surface area contributed by atoms with Crippen molar-refractivity contribution in [2.45, 2.75) is 5.16 Å². The van der Waals surface area contributed by atoms with Gasteiger partial charge in [-0.25, -0.2) is 9.37 Å². The first-order valence-electron chi connectivity index (χ1n) is 6.62. The highest BCUT2D eigenvalue weighted by molar-refractivity contribution is 8.00. The van der Waals surface area contributed by atoms with Crippen molar-refractivity contribution in [2.24, 2.45) is 7.05 Å². The van der Waals surface area contributed by atoms with Gasteiger partial charge in [0, 0.05) is 30.6 Å². The monoisotopic (exact) mass is 333 g/mol. The molecule has 3 rings (SSSR count). The van der Waals surface area contributed by atoms with Crippen molar-refractivity contribution in [1.82, 2.24) is 14.5 Å². The van der Waals surface area contributed by atoms with Gasteiger partial charge in [-0.1, -0.05) is 11.8 Å². The van der Waals surface area contributed by atoms with Crippen LogP contribution >= 0.6 is 23.4 Å². The van der Waals surface area contributed by atoms with Crippen LogP contribution in [0.4, 0.5) is 4.39 Å². The van der Waals surface area contributed by atoms with E-state index in [1.807, 2.05) is 23.7 Å². The molecule has 0 fully saturated rings. The van der Waals surface area contributed by atoms with E-state index in [4.69, 9.17) is 11.6 Å². The maximum atomic E-state index is 13.2. The Morgan fingerprint density at radius 3 is 2.41 bits per heavy atom. The zero-order chi connectivity index (χ0) is 15.5. The van der Waals surface area contributed by atoms with Gasteiger partial charge >= 0.3 is 0 Å². The molecule has 3 nitrogen and oxygen atoms in total. The largest absolute Gasteiger partial charge is 0.322 e. The van der Waals surface area contributed by atoms with Crippen molar-refractivity contribution < 1.29 is 4.39 Å². The van der Waals surface area contributed by atoms with Crippen molar-refractivity contribution in [3.05, 3.63) is 54.6 Å². The van der Waals surface area contributed by atoms with E-state index in [-0.39, 0.29) is 5.82 Å². The summed E-state index contributed by atoms with van der Waals surface area (Å²) in [5.74, 6) is -0.263. The van der Waals surface area contributed by atoms with E-state index < -0.39 is 0 Å². The molecule has 0 unspecified atom stereocenters. The Labute approximate surface area is 137 Å². The Morgan fingerprint density at radius 1 is 1.09 bits per heavy atom. The number of pyridine rings is 1. The Morgan fingerprint density at radius 2 is 1.77 bits per heavy atom. The quantitative estimate of drug-likeness (QED) is 0.517. The molecular formula is C16H13ClFN3S. The molecule has 0 amide bonds. The summed E-state index contributed by atoms with van der Waals surface area (Å²) in [7, 11) is 1.95. The predicted octanol–water partition coefficient (Wildman–Crippen LogP) is 4.58. The molecule has 0 spiro atoms. The summed E-state index contributed by atoms with van der Waals surface area (Å²) in [6, 6.07) is 10.2. The summed E-state index contributed by atoms with van der Waals surface area (Å²) in [4.78, 5) is 8.73. The molecule has 0 bridgehead atoms. The summed E-state index contributed by atoms with van der Waals surface area (Å²) in [6.07, 6.45) is 3.48. The van der Waals surface area contributed by atoms with E-state index >= 15 is 0 Å². The van der Waals surface area contributed by atoms with E-state index in [1.54, 1.807) is 24.5 Å². The van der Waals surface area contributed by atoms with Crippen LogP contribution in [-0.2, 0) is 7.05 Å². The Balaban J connectivity index is 2.20. The highest BCUT2D eigenvalue weighted by Gasteiger charge is 2.18. The molecule has 2 heterocycles. The van der Waals surface area contributed by atoms with Crippen molar-refractivity contribution in [3.8, 4) is 22.5 Å². The Bertz CT molecular complexity index is 772. The maximum Gasteiger partial charge on any atom is 0.169 e. The van der Waals surface area contributed by atoms with E-state index in [1.165, 1.54) is 23.9 Å². The molecule has 0 aliphatic heterocycles. The third-order valence-corrected chi connectivity index (χ3v) is 4.37. The molecule has 0 atom stereocenters. The number of alkyl halides is 1. The molecule has 1 aromatic carbocycles. The van der Waals surface area contributed by atoms with Gasteiger partial charge in [0.05, 0.1) is 16.6 Å². The lowest BCUT2D eigenvalue weighted by Gasteiger charge is -2.07. The summed E-state index contributed by atoms with van der Waals surface area (Å²) >= 11 is 7.29. The van der Waals surface area contributed by atoms with Crippen LogP contribution < -0.4 is 0 Å². The smallest absolute Gasteiger partial charge is 0.169 e. The normalized spacial score (nSPS) is 10.9. The Kier molecular flexibility index (Phi) is 4.45. The van der Waals surface area contributed by atoms with Crippen molar-refractivity contribution >= 4 is 23.4 Å². The number of thioether (sulfide) groups is 1. The van der Waals surface area contributed by atoms with E-state index in [9.17, 15) is 4.39 Å². The number of aromatic nitrogens is 3. The first kappa shape index (κ1) is 15.1. The summed E-state index contributed by atoms with van der Waals surface area (Å²) in [5.41, 5.74) is 3.64. The average Bonchev–Trinajstić information content (AvgIpc) is 2.86. The molecule has 112 valence electrons. The number of hydrogen-bond acceptors (Lipinski definition) is 3. The number of imidazole rings is 1. The van der Waals surface area contributed by atoms with Crippen LogP contribution in [0.25, 0.3) is 22.5 Å². The molecule has 0 radical (unpaired) electrons. The first-order chi connectivity index (χ1) is 10.7. The third kappa shape index (κ3) is 2.87. The topological polar surface area (TPSA) is 30.7 Å². The van der Waals surface area contributed by atoms with E-state index in [0.29, 0.717) is 5.21 Å². The fraction of sp³-hybridized carbons (Fsp3) is 0.125. The molecule has 2 aromatic heterocycles. The molecular weight excluding hydrogens is 321 g/mol. The summed E-state index contributed by atoms with van der Waals surface area (Å²) < 4.78 is 15.2. The van der Waals surface area contributed by atoms with E-state index in [0.717, 1.165) is 27.7 Å². The van der Waals surface area contributed by atoms with Crippen LogP contribution in [0.1, 0.15) is 0 Å². The third-order valence-electron chi connectivity index (χ3n) is 3.31. The SMILES string of the molecule is Cn1c(SCCl)nc(-c2ccc(F)cc2)c1-c1ccncc1. The van der Waals surface area contributed by atoms with Crippen LogP contribution in [0.5, 0.6) is 0 Å². The summed E-state index contributed by atoms with van der Waals surface area (Å²) in [6.45, 7) is 0. The zero-order valence-corrected chi connectivity index (χ0v) is 13.4. The van der Waals surface area contributed by atoms with E-state index in [2.05, 4.69) is 9.97 Å². The molecule has 0 N–H and O–H groups in total. The molecule has 0 aliphatic rings. The van der Waals surface area contributed by atoms with Crippen LogP contribution in [0.2, 0.25) is 0 Å². The van der Waals surface area contributed by atoms with Crippen molar-refractivity contribution in [1.29, 1.82) is 0 Å². The van der Waals surface area contributed by atoms with Gasteiger partial charge in [0.15, 0.2) is 5.16 Å². The maximum absolute atomic E-state index is 13.2. The second-order valence-electron chi connectivity index (χ2n) is 4.65. The molecule has 0 saturated heterocycles. The zero-order valence-electron chi connectivity index (χ0n) is 11.8. The van der Waals surface area contributed by atoms with Crippen molar-refractivity contribution in [3.63, 3.8) is 0 Å². The summed E-state index contributed by atoms with van der Waals surface area (Å²) in [5, 5.41) is 1.24. The van der Waals surface area contributed by atoms with Crippen LogP contribution in [0, 0.1) is 5.82 Å². The minimum absolute atomic E-state index is 0.263. The van der Waals surface area contributed by atoms with Crippen LogP contribution in [0.3, 0.4) is 0 Å². The van der Waals surface area contributed by atoms with Gasteiger partial charge in [-0.2, -0.15) is 0 Å². The lowest BCUT2D eigenvalue weighted by molar-refractivity contribution is 0.628. The first-order valence-corrected chi connectivity index (χ1v) is 8.14. The van der Waals surface area contributed by atoms with Gasteiger partial charge in [0.1, 0.15) is 5.82 Å². The lowest BCUT2D eigenvalue weighted by Crippen LogP contribution is -1.94. The van der Waals surface area contributed by atoms with Gasteiger partial charge in [-0.05, 0) is 36.4 Å². The fourth-order valence-electron chi connectivity index (χ4n) is 2.31. The standard InChI is InChI=1S/C16H13ClFN3S/c1-21-15(12-6-8-19-9-7-12)14(20-16(21)22-10-17)11-2-4-13(18)5-3-11/h2-9H,10H2,1H3. The molecule has 3 aromatic rings. The van der Waals surface area contributed by atoms with Crippen LogP contribution in [-0.4, -0.2) is 19.7 Å². The minimum Gasteiger partial charge on any atom is -0.322 e. The number of halogens is 2. The second-order valence-corrected chi connectivity index (χ2v) is 6.17. The lowest BCUT2D eigenvalue weighted by atomic mass is 10.1. The molecule has 6 heteroatoms. The average molecular weight is 334 g/mol. The number of hydrogen-bond donors (Lipinski definition) is 0. The predicted molar refractivity (Wildman–Crippen MR) is 88.4 cm³/mol.